The number of ether oxygens (including phenoxy) is 1. The zero-order valence-corrected chi connectivity index (χ0v) is 21.7. The Labute approximate surface area is 221 Å². The van der Waals surface area contributed by atoms with Gasteiger partial charge in [0.15, 0.2) is 0 Å². The molecular weight excluding hydrogens is 499 g/mol. The van der Waals surface area contributed by atoms with Gasteiger partial charge in [-0.15, -0.1) is 0 Å². The van der Waals surface area contributed by atoms with Gasteiger partial charge in [0.1, 0.15) is 0 Å². The minimum atomic E-state index is -1.00. The van der Waals surface area contributed by atoms with Crippen LogP contribution >= 0.6 is 23.2 Å². The third kappa shape index (κ3) is 5.86. The number of aliphatic carboxylic acids is 1. The van der Waals surface area contributed by atoms with E-state index >= 15 is 0 Å². The molecule has 1 aliphatic carbocycles. The summed E-state index contributed by atoms with van der Waals surface area (Å²) in [5.41, 5.74) is 1.46. The molecule has 0 bridgehead atoms. The van der Waals surface area contributed by atoms with Crippen LogP contribution in [0.3, 0.4) is 0 Å². The number of nitrogens with zero attached hydrogens (tertiary/aromatic N) is 2. The highest BCUT2D eigenvalue weighted by Crippen LogP contribution is 2.48. The molecule has 1 heterocycles. The van der Waals surface area contributed by atoms with Gasteiger partial charge in [0.05, 0.1) is 43.2 Å². The predicted molar refractivity (Wildman–Crippen MR) is 138 cm³/mol. The lowest BCUT2D eigenvalue weighted by molar-refractivity contribution is -0.154. The van der Waals surface area contributed by atoms with E-state index in [4.69, 9.17) is 27.9 Å². The number of hydrogen-bond acceptors (Lipinski definition) is 4. The molecule has 190 valence electrons. The lowest BCUT2D eigenvalue weighted by Crippen LogP contribution is -2.53. The van der Waals surface area contributed by atoms with Crippen molar-refractivity contribution in [3.8, 4) is 6.07 Å². The standard InChI is InChI=1S/C28H30Cl2N2O4/c1-2-23(15-36-17-28(16-31)10-11-28)32-26(18-6-8-21(29)9-7-18)24(19-4-3-5-22(30)12-19)13-20(27(32)35)14-25(33)34/h3-9,12,20,23-24,26H,2,10-11,13-15,17H2,1H3,(H,33,34)/t20?,23?,24-,26-/m1/s1. The molecule has 2 aromatic rings. The highest BCUT2D eigenvalue weighted by Gasteiger charge is 2.47. The second kappa shape index (κ2) is 11.2. The van der Waals surface area contributed by atoms with Crippen LogP contribution < -0.4 is 0 Å². The number of piperidine rings is 1. The van der Waals surface area contributed by atoms with Crippen molar-refractivity contribution in [2.24, 2.45) is 11.3 Å². The zero-order valence-electron chi connectivity index (χ0n) is 20.2. The van der Waals surface area contributed by atoms with Crippen molar-refractivity contribution in [2.45, 2.75) is 57.0 Å². The van der Waals surface area contributed by atoms with Gasteiger partial charge in [0, 0.05) is 21.9 Å². The molecule has 4 rings (SSSR count). The van der Waals surface area contributed by atoms with Crippen molar-refractivity contribution in [3.63, 3.8) is 0 Å². The van der Waals surface area contributed by atoms with Crippen LogP contribution in [-0.2, 0) is 14.3 Å². The lowest BCUT2D eigenvalue weighted by Gasteiger charge is -2.48. The van der Waals surface area contributed by atoms with E-state index in [-0.39, 0.29) is 36.9 Å². The fraction of sp³-hybridized carbons (Fsp3) is 0.464. The number of carbonyl (C=O) groups excluding carboxylic acids is 1. The van der Waals surface area contributed by atoms with Crippen LogP contribution in [0.5, 0.6) is 0 Å². The first-order valence-corrected chi connectivity index (χ1v) is 13.1. The van der Waals surface area contributed by atoms with E-state index < -0.39 is 17.3 Å². The molecule has 1 aliphatic heterocycles. The number of nitriles is 1. The molecule has 8 heteroatoms. The normalized spacial score (nSPS) is 23.7. The van der Waals surface area contributed by atoms with Crippen molar-refractivity contribution < 1.29 is 19.4 Å². The quantitative estimate of drug-likeness (QED) is 0.394. The molecule has 0 aromatic heterocycles. The van der Waals surface area contributed by atoms with Crippen molar-refractivity contribution in [1.29, 1.82) is 5.26 Å². The van der Waals surface area contributed by atoms with Crippen LogP contribution in [0.4, 0.5) is 0 Å². The largest absolute Gasteiger partial charge is 0.481 e. The zero-order chi connectivity index (χ0) is 25.9. The number of carboxylic acids is 1. The third-order valence-corrected chi connectivity index (χ3v) is 7.86. The number of benzene rings is 2. The fourth-order valence-electron chi connectivity index (χ4n) is 5.20. The second-order valence-electron chi connectivity index (χ2n) is 9.90. The maximum absolute atomic E-state index is 13.9. The van der Waals surface area contributed by atoms with Crippen LogP contribution in [0.25, 0.3) is 0 Å². The molecule has 2 aromatic carbocycles. The lowest BCUT2D eigenvalue weighted by atomic mass is 9.74. The molecule has 36 heavy (non-hydrogen) atoms. The van der Waals surface area contributed by atoms with Crippen LogP contribution in [0.2, 0.25) is 10.0 Å². The summed E-state index contributed by atoms with van der Waals surface area (Å²) in [4.78, 5) is 27.4. The van der Waals surface area contributed by atoms with E-state index in [1.165, 1.54) is 0 Å². The first-order chi connectivity index (χ1) is 17.3. The Bertz CT molecular complexity index is 1140. The Hall–Kier alpha value is -2.59. The van der Waals surface area contributed by atoms with Crippen molar-refractivity contribution in [1.82, 2.24) is 4.90 Å². The smallest absolute Gasteiger partial charge is 0.304 e. The van der Waals surface area contributed by atoms with Crippen LogP contribution in [0.1, 0.15) is 62.1 Å². The van der Waals surface area contributed by atoms with Gasteiger partial charge in [0.25, 0.3) is 0 Å². The van der Waals surface area contributed by atoms with Crippen LogP contribution in [0.15, 0.2) is 48.5 Å². The summed E-state index contributed by atoms with van der Waals surface area (Å²) >= 11 is 12.5. The average Bonchev–Trinajstić information content (AvgIpc) is 3.64. The molecular formula is C28H30Cl2N2O4. The molecule has 0 radical (unpaired) electrons. The monoisotopic (exact) mass is 528 g/mol. The van der Waals surface area contributed by atoms with Gasteiger partial charge >= 0.3 is 5.97 Å². The Morgan fingerprint density at radius 1 is 1.19 bits per heavy atom. The second-order valence-corrected chi connectivity index (χ2v) is 10.8. The molecule has 0 spiro atoms. The summed E-state index contributed by atoms with van der Waals surface area (Å²) in [7, 11) is 0. The van der Waals surface area contributed by atoms with Crippen molar-refractivity contribution >= 4 is 35.1 Å². The predicted octanol–water partition coefficient (Wildman–Crippen LogP) is 6.24. The number of amides is 1. The summed E-state index contributed by atoms with van der Waals surface area (Å²) in [6, 6.07) is 16.7. The first kappa shape index (κ1) is 26.5. The minimum Gasteiger partial charge on any atom is -0.481 e. The number of likely N-dealkylation sites (tertiary alicyclic amines) is 1. The van der Waals surface area contributed by atoms with Gasteiger partial charge in [-0.05, 0) is 61.1 Å². The van der Waals surface area contributed by atoms with E-state index in [1.807, 2.05) is 42.2 Å². The summed E-state index contributed by atoms with van der Waals surface area (Å²) < 4.78 is 6.01. The van der Waals surface area contributed by atoms with E-state index in [0.29, 0.717) is 29.5 Å². The number of hydrogen-bond donors (Lipinski definition) is 1. The van der Waals surface area contributed by atoms with Crippen LogP contribution in [0, 0.1) is 22.7 Å². The maximum Gasteiger partial charge on any atom is 0.304 e. The van der Waals surface area contributed by atoms with Gasteiger partial charge in [-0.3, -0.25) is 9.59 Å². The van der Waals surface area contributed by atoms with Gasteiger partial charge in [-0.2, -0.15) is 5.26 Å². The molecule has 1 N–H and O–H groups in total. The van der Waals surface area contributed by atoms with E-state index in [2.05, 4.69) is 6.07 Å². The summed E-state index contributed by atoms with van der Waals surface area (Å²) in [5.74, 6) is -2.03. The number of carboxylic acid groups (broad SMARTS) is 1. The van der Waals surface area contributed by atoms with E-state index in [1.54, 1.807) is 18.2 Å². The van der Waals surface area contributed by atoms with Gasteiger partial charge in [-0.1, -0.05) is 54.4 Å². The van der Waals surface area contributed by atoms with Gasteiger partial charge in [0.2, 0.25) is 5.91 Å². The van der Waals surface area contributed by atoms with E-state index in [9.17, 15) is 20.0 Å². The Balaban J connectivity index is 1.74. The van der Waals surface area contributed by atoms with Crippen molar-refractivity contribution in [3.05, 3.63) is 69.7 Å². The van der Waals surface area contributed by atoms with E-state index in [0.717, 1.165) is 24.0 Å². The number of halogens is 2. The van der Waals surface area contributed by atoms with Gasteiger partial charge < -0.3 is 14.7 Å². The highest BCUT2D eigenvalue weighted by molar-refractivity contribution is 6.30. The topological polar surface area (TPSA) is 90.6 Å². The molecule has 6 nitrogen and oxygen atoms in total. The molecule has 1 saturated heterocycles. The molecule has 2 unspecified atom stereocenters. The van der Waals surface area contributed by atoms with Gasteiger partial charge in [-0.25, -0.2) is 0 Å². The fourth-order valence-corrected chi connectivity index (χ4v) is 5.52. The number of rotatable bonds is 10. The Kier molecular flexibility index (Phi) is 8.24. The minimum absolute atomic E-state index is 0.171. The molecule has 2 fully saturated rings. The highest BCUT2D eigenvalue weighted by atomic mass is 35.5. The summed E-state index contributed by atoms with van der Waals surface area (Å²) in [5, 5.41) is 20.2. The first-order valence-electron chi connectivity index (χ1n) is 12.3. The third-order valence-electron chi connectivity index (χ3n) is 7.38. The SMILES string of the molecule is CCC(COCC1(C#N)CC1)N1C(=O)C(CC(=O)O)C[C@H](c2cccc(Cl)c2)[C@H]1c1ccc(Cl)cc1. The molecule has 1 amide bonds. The summed E-state index contributed by atoms with van der Waals surface area (Å²) in [6.07, 6.45) is 2.43. The Morgan fingerprint density at radius 2 is 1.92 bits per heavy atom. The molecule has 2 aliphatic rings. The van der Waals surface area contributed by atoms with Crippen LogP contribution in [-0.4, -0.2) is 41.1 Å². The summed E-state index contributed by atoms with van der Waals surface area (Å²) in [6.45, 7) is 2.61. The Morgan fingerprint density at radius 3 is 2.50 bits per heavy atom. The maximum atomic E-state index is 13.9. The average molecular weight is 529 g/mol. The molecule has 1 saturated carbocycles. The number of carbonyl (C=O) groups is 2. The molecule has 4 atom stereocenters. The van der Waals surface area contributed by atoms with Crippen molar-refractivity contribution in [2.75, 3.05) is 13.2 Å².